The number of benzene rings is 1. The van der Waals surface area contributed by atoms with Crippen LogP contribution in [0.15, 0.2) is 24.3 Å². The number of urea groups is 1. The fraction of sp³-hybridized carbons (Fsp3) is 0.385. The second-order valence-corrected chi connectivity index (χ2v) is 6.55. The number of rotatable bonds is 3. The number of amides is 3. The zero-order valence-electron chi connectivity index (χ0n) is 12.2. The SMILES string of the molecule is CCN(C)C(=O)N(C(=O)SSC)c1cccc(C(F)(F)F)c1. The molecule has 0 aliphatic heterocycles. The molecule has 0 saturated heterocycles. The van der Waals surface area contributed by atoms with Crippen LogP contribution in [0.1, 0.15) is 12.5 Å². The Labute approximate surface area is 134 Å². The zero-order valence-corrected chi connectivity index (χ0v) is 13.8. The molecule has 1 aromatic rings. The first kappa shape index (κ1) is 18.7. The van der Waals surface area contributed by atoms with E-state index in [1.54, 1.807) is 13.2 Å². The lowest BCUT2D eigenvalue weighted by molar-refractivity contribution is -0.137. The van der Waals surface area contributed by atoms with Crippen molar-refractivity contribution in [2.45, 2.75) is 13.1 Å². The minimum absolute atomic E-state index is 0.105. The van der Waals surface area contributed by atoms with E-state index in [9.17, 15) is 22.8 Å². The van der Waals surface area contributed by atoms with E-state index < -0.39 is 23.0 Å². The largest absolute Gasteiger partial charge is 0.416 e. The van der Waals surface area contributed by atoms with E-state index in [-0.39, 0.29) is 5.69 Å². The van der Waals surface area contributed by atoms with E-state index in [2.05, 4.69) is 0 Å². The minimum Gasteiger partial charge on any atom is -0.327 e. The monoisotopic (exact) mass is 352 g/mol. The van der Waals surface area contributed by atoms with Gasteiger partial charge in [-0.2, -0.15) is 13.2 Å². The number of carbonyl (C=O) groups is 2. The number of hydrogen-bond donors (Lipinski definition) is 0. The van der Waals surface area contributed by atoms with Crippen molar-refractivity contribution in [3.63, 3.8) is 0 Å². The minimum atomic E-state index is -4.54. The fourth-order valence-electron chi connectivity index (χ4n) is 1.53. The van der Waals surface area contributed by atoms with Crippen molar-refractivity contribution in [1.29, 1.82) is 0 Å². The molecule has 1 aromatic carbocycles. The summed E-state index contributed by atoms with van der Waals surface area (Å²) in [5.41, 5.74) is -1.02. The third-order valence-corrected chi connectivity index (χ3v) is 4.18. The van der Waals surface area contributed by atoms with Gasteiger partial charge in [-0.1, -0.05) is 16.9 Å². The first-order valence-corrected chi connectivity index (χ1v) is 8.75. The molecular weight excluding hydrogens is 337 g/mol. The quantitative estimate of drug-likeness (QED) is 0.739. The number of halogens is 3. The number of anilines is 1. The number of nitrogens with zero attached hydrogens (tertiary/aromatic N) is 2. The predicted molar refractivity (Wildman–Crippen MR) is 84.1 cm³/mol. The van der Waals surface area contributed by atoms with E-state index in [1.165, 1.54) is 24.1 Å². The van der Waals surface area contributed by atoms with Gasteiger partial charge in [-0.05, 0) is 31.4 Å². The van der Waals surface area contributed by atoms with Crippen molar-refractivity contribution in [3.8, 4) is 0 Å². The molecule has 4 nitrogen and oxygen atoms in total. The average molecular weight is 352 g/mol. The molecule has 0 aliphatic rings. The molecule has 0 radical (unpaired) electrons. The highest BCUT2D eigenvalue weighted by Gasteiger charge is 2.33. The molecule has 9 heteroatoms. The van der Waals surface area contributed by atoms with Crippen LogP contribution in [0, 0.1) is 0 Å². The van der Waals surface area contributed by atoms with E-state index in [0.29, 0.717) is 6.54 Å². The van der Waals surface area contributed by atoms with E-state index in [4.69, 9.17) is 0 Å². The summed E-state index contributed by atoms with van der Waals surface area (Å²) in [6.45, 7) is 2.03. The van der Waals surface area contributed by atoms with Crippen LogP contribution in [-0.4, -0.2) is 36.0 Å². The molecule has 0 aliphatic carbocycles. The summed E-state index contributed by atoms with van der Waals surface area (Å²) in [4.78, 5) is 26.4. The van der Waals surface area contributed by atoms with E-state index in [0.717, 1.165) is 38.6 Å². The Hall–Kier alpha value is -1.35. The van der Waals surface area contributed by atoms with E-state index >= 15 is 0 Å². The van der Waals surface area contributed by atoms with Gasteiger partial charge in [0.2, 0.25) is 0 Å². The first-order chi connectivity index (χ1) is 10.2. The first-order valence-electron chi connectivity index (χ1n) is 6.19. The van der Waals surface area contributed by atoms with Gasteiger partial charge in [0, 0.05) is 24.4 Å². The molecule has 0 bridgehead atoms. The maximum atomic E-state index is 12.8. The Morgan fingerprint density at radius 1 is 1.27 bits per heavy atom. The van der Waals surface area contributed by atoms with Crippen molar-refractivity contribution in [2.24, 2.45) is 0 Å². The molecule has 0 fully saturated rings. The molecule has 0 spiro atoms. The number of carbonyl (C=O) groups excluding carboxylic acids is 2. The third kappa shape index (κ3) is 4.57. The Morgan fingerprint density at radius 3 is 2.41 bits per heavy atom. The highest BCUT2D eigenvalue weighted by atomic mass is 33.1. The van der Waals surface area contributed by atoms with Gasteiger partial charge >= 0.3 is 17.4 Å². The van der Waals surface area contributed by atoms with Crippen LogP contribution in [0.2, 0.25) is 0 Å². The Balaban J connectivity index is 3.27. The van der Waals surface area contributed by atoms with Gasteiger partial charge < -0.3 is 4.90 Å². The second-order valence-electron chi connectivity index (χ2n) is 4.20. The topological polar surface area (TPSA) is 40.6 Å². The molecule has 0 N–H and O–H groups in total. The summed E-state index contributed by atoms with van der Waals surface area (Å²) in [7, 11) is 3.36. The highest BCUT2D eigenvalue weighted by molar-refractivity contribution is 8.82. The van der Waals surface area contributed by atoms with Crippen LogP contribution in [0.4, 0.5) is 28.4 Å². The van der Waals surface area contributed by atoms with Gasteiger partial charge in [0.05, 0.1) is 11.3 Å². The lowest BCUT2D eigenvalue weighted by Crippen LogP contribution is -2.43. The molecule has 0 aromatic heterocycles. The van der Waals surface area contributed by atoms with Gasteiger partial charge in [0.25, 0.3) is 0 Å². The molecule has 0 heterocycles. The number of hydrogen-bond acceptors (Lipinski definition) is 4. The third-order valence-electron chi connectivity index (χ3n) is 2.76. The molecule has 22 heavy (non-hydrogen) atoms. The zero-order chi connectivity index (χ0) is 16.9. The van der Waals surface area contributed by atoms with E-state index in [1.807, 2.05) is 0 Å². The Morgan fingerprint density at radius 2 is 1.91 bits per heavy atom. The standard InChI is InChI=1S/C13H15F3N2O2S2/c1-4-17(2)11(19)18(12(20)22-21-3)10-7-5-6-9(8-10)13(14,15)16/h5-8H,4H2,1-3H3. The molecule has 3 amide bonds. The van der Waals surface area contributed by atoms with Crippen molar-refractivity contribution in [2.75, 3.05) is 24.7 Å². The maximum Gasteiger partial charge on any atom is 0.416 e. The fourth-order valence-corrected chi connectivity index (χ4v) is 2.58. The lowest BCUT2D eigenvalue weighted by Gasteiger charge is -2.25. The summed E-state index contributed by atoms with van der Waals surface area (Å²) in [6, 6.07) is 3.48. The van der Waals surface area contributed by atoms with Gasteiger partial charge in [0.1, 0.15) is 0 Å². The molecule has 0 saturated carbocycles. The maximum absolute atomic E-state index is 12.8. The van der Waals surface area contributed by atoms with Crippen LogP contribution in [-0.2, 0) is 6.18 Å². The van der Waals surface area contributed by atoms with Gasteiger partial charge in [-0.15, -0.1) is 0 Å². The normalized spacial score (nSPS) is 11.2. The molecule has 0 atom stereocenters. The Bertz CT molecular complexity index is 552. The van der Waals surface area contributed by atoms with Crippen LogP contribution in [0.3, 0.4) is 0 Å². The molecule has 0 unspecified atom stereocenters. The summed E-state index contributed by atoms with van der Waals surface area (Å²) < 4.78 is 38.4. The number of alkyl halides is 3. The van der Waals surface area contributed by atoms with Gasteiger partial charge in [0.15, 0.2) is 0 Å². The van der Waals surface area contributed by atoms with Crippen LogP contribution in [0.25, 0.3) is 0 Å². The second kappa shape index (κ2) is 7.77. The van der Waals surface area contributed by atoms with Crippen LogP contribution >= 0.6 is 21.6 Å². The summed E-state index contributed by atoms with van der Waals surface area (Å²) in [6.07, 6.45) is -2.90. The Kier molecular flexibility index (Phi) is 6.61. The molecule has 1 rings (SSSR count). The predicted octanol–water partition coefficient (Wildman–Crippen LogP) is 4.71. The van der Waals surface area contributed by atoms with Crippen molar-refractivity contribution in [3.05, 3.63) is 29.8 Å². The average Bonchev–Trinajstić information content (AvgIpc) is 2.46. The van der Waals surface area contributed by atoms with Gasteiger partial charge in [-0.25, -0.2) is 9.69 Å². The van der Waals surface area contributed by atoms with Crippen molar-refractivity contribution >= 4 is 38.5 Å². The van der Waals surface area contributed by atoms with Crippen LogP contribution < -0.4 is 4.90 Å². The highest BCUT2D eigenvalue weighted by Crippen LogP contribution is 2.33. The summed E-state index contributed by atoms with van der Waals surface area (Å²) >= 11 is 0. The molecular formula is C13H15F3N2O2S2. The smallest absolute Gasteiger partial charge is 0.327 e. The summed E-state index contributed by atoms with van der Waals surface area (Å²) in [5, 5.41) is -0.642. The number of imide groups is 1. The van der Waals surface area contributed by atoms with Crippen molar-refractivity contribution < 1.29 is 22.8 Å². The summed E-state index contributed by atoms with van der Waals surface area (Å²) in [5.74, 6) is 0. The molecule has 122 valence electrons. The van der Waals surface area contributed by atoms with Gasteiger partial charge in [-0.3, -0.25) is 4.79 Å². The lowest BCUT2D eigenvalue weighted by atomic mass is 10.2. The van der Waals surface area contributed by atoms with Crippen molar-refractivity contribution in [1.82, 2.24) is 4.90 Å². The van der Waals surface area contributed by atoms with Crippen LogP contribution in [0.5, 0.6) is 0 Å².